The molecule has 37 heavy (non-hydrogen) atoms. The van der Waals surface area contributed by atoms with Gasteiger partial charge in [-0.25, -0.2) is 15.0 Å². The van der Waals surface area contributed by atoms with Crippen LogP contribution in [0.5, 0.6) is 0 Å². The number of benzene rings is 1. The molecule has 0 bridgehead atoms. The van der Waals surface area contributed by atoms with Crippen LogP contribution in [0.1, 0.15) is 24.4 Å². The van der Waals surface area contributed by atoms with Crippen molar-refractivity contribution in [3.05, 3.63) is 75.8 Å². The van der Waals surface area contributed by atoms with Crippen molar-refractivity contribution in [2.75, 3.05) is 41.8 Å². The minimum atomic E-state index is -0.255. The van der Waals surface area contributed by atoms with E-state index < -0.39 is 0 Å². The second kappa shape index (κ2) is 10.4. The number of fused-ring (bicyclic) bond motifs is 1. The van der Waals surface area contributed by atoms with Crippen molar-refractivity contribution in [2.24, 2.45) is 7.05 Å². The summed E-state index contributed by atoms with van der Waals surface area (Å²) in [6.07, 6.45) is 5.18. The van der Waals surface area contributed by atoms with E-state index in [1.807, 2.05) is 37.5 Å². The fourth-order valence-electron chi connectivity index (χ4n) is 4.30. The number of rotatable bonds is 6. The van der Waals surface area contributed by atoms with Crippen LogP contribution in [0.3, 0.4) is 0 Å². The third kappa shape index (κ3) is 5.05. The summed E-state index contributed by atoms with van der Waals surface area (Å²) in [6, 6.07) is 10.7. The molecule has 0 aliphatic carbocycles. The van der Waals surface area contributed by atoms with Crippen molar-refractivity contribution in [2.45, 2.75) is 13.0 Å². The molecule has 0 spiro atoms. The molecule has 10 nitrogen and oxygen atoms in total. The molecule has 5 rings (SSSR count). The first-order chi connectivity index (χ1) is 17.9. The summed E-state index contributed by atoms with van der Waals surface area (Å²) in [5.41, 5.74) is 3.76. The second-order valence-corrected chi connectivity index (χ2v) is 9.07. The number of nitrogens with one attached hydrogen (secondary N) is 2. The molecular formula is C26H25ClN8O2. The van der Waals surface area contributed by atoms with Crippen molar-refractivity contribution < 1.29 is 4.74 Å². The second-order valence-electron chi connectivity index (χ2n) is 8.71. The quantitative estimate of drug-likeness (QED) is 0.366. The standard InChI is InChI=1S/C26H25ClN8O2/c1-16(26-30-14-18(15-31-26)35-7-9-37-10-8-35)32-22-12-24(36)34(2)23-4-3-17(11-19(22)23)33-21-5-6-29-25(27)20(21)13-28/h3-6,11-12,14-16,32H,7-10H2,1-2H3,(H,29,33). The third-order valence-electron chi connectivity index (χ3n) is 6.34. The van der Waals surface area contributed by atoms with Gasteiger partial charge in [0, 0.05) is 49.2 Å². The van der Waals surface area contributed by atoms with Crippen LogP contribution >= 0.6 is 11.6 Å². The summed E-state index contributed by atoms with van der Waals surface area (Å²) in [5, 5.41) is 17.1. The molecule has 1 fully saturated rings. The van der Waals surface area contributed by atoms with Crippen LogP contribution < -0.4 is 21.1 Å². The first-order valence-corrected chi connectivity index (χ1v) is 12.2. The first kappa shape index (κ1) is 24.5. The van der Waals surface area contributed by atoms with Crippen molar-refractivity contribution in [1.82, 2.24) is 19.5 Å². The number of aromatic nitrogens is 4. The maximum Gasteiger partial charge on any atom is 0.252 e. The van der Waals surface area contributed by atoms with Crippen LogP contribution in [-0.2, 0) is 11.8 Å². The van der Waals surface area contributed by atoms with Crippen molar-refractivity contribution >= 4 is 45.3 Å². The van der Waals surface area contributed by atoms with Gasteiger partial charge in [-0.1, -0.05) is 11.6 Å². The van der Waals surface area contributed by atoms with Crippen LogP contribution in [-0.4, -0.2) is 45.8 Å². The lowest BCUT2D eigenvalue weighted by atomic mass is 10.1. The zero-order valence-corrected chi connectivity index (χ0v) is 21.2. The lowest BCUT2D eigenvalue weighted by molar-refractivity contribution is 0.122. The molecule has 1 saturated heterocycles. The van der Waals surface area contributed by atoms with Gasteiger partial charge in [0.05, 0.1) is 48.5 Å². The molecular weight excluding hydrogens is 492 g/mol. The smallest absolute Gasteiger partial charge is 0.252 e. The van der Waals surface area contributed by atoms with Crippen LogP contribution in [0.2, 0.25) is 5.15 Å². The Bertz CT molecular complexity index is 1540. The fraction of sp³-hybridized carbons (Fsp3) is 0.269. The Labute approximate surface area is 218 Å². The van der Waals surface area contributed by atoms with Crippen LogP contribution in [0.15, 0.2) is 53.7 Å². The molecule has 4 aromatic rings. The summed E-state index contributed by atoms with van der Waals surface area (Å²) >= 11 is 6.08. The van der Waals surface area contributed by atoms with Gasteiger partial charge in [0.1, 0.15) is 22.6 Å². The Morgan fingerprint density at radius 2 is 1.86 bits per heavy atom. The summed E-state index contributed by atoms with van der Waals surface area (Å²) < 4.78 is 7.00. The number of anilines is 4. The lowest BCUT2D eigenvalue weighted by Crippen LogP contribution is -2.36. The summed E-state index contributed by atoms with van der Waals surface area (Å²) in [7, 11) is 1.73. The highest BCUT2D eigenvalue weighted by Gasteiger charge is 2.16. The molecule has 0 saturated carbocycles. The van der Waals surface area contributed by atoms with E-state index in [0.29, 0.717) is 30.4 Å². The molecule has 4 heterocycles. The van der Waals surface area contributed by atoms with Gasteiger partial charge in [0.15, 0.2) is 0 Å². The van der Waals surface area contributed by atoms with Gasteiger partial charge in [-0.2, -0.15) is 5.26 Å². The van der Waals surface area contributed by atoms with E-state index >= 15 is 0 Å². The number of hydrogen-bond acceptors (Lipinski definition) is 9. The van der Waals surface area contributed by atoms with Gasteiger partial charge >= 0.3 is 0 Å². The van der Waals surface area contributed by atoms with E-state index in [1.165, 1.54) is 6.20 Å². The number of morpholine rings is 1. The van der Waals surface area contributed by atoms with Gasteiger partial charge in [-0.3, -0.25) is 4.79 Å². The van der Waals surface area contributed by atoms with E-state index in [-0.39, 0.29) is 22.3 Å². The largest absolute Gasteiger partial charge is 0.378 e. The van der Waals surface area contributed by atoms with E-state index in [9.17, 15) is 10.1 Å². The third-order valence-corrected chi connectivity index (χ3v) is 6.62. The minimum Gasteiger partial charge on any atom is -0.378 e. The summed E-state index contributed by atoms with van der Waals surface area (Å²) in [4.78, 5) is 28.0. The molecule has 1 aliphatic heterocycles. The lowest BCUT2D eigenvalue weighted by Gasteiger charge is -2.28. The Balaban J connectivity index is 1.44. The topological polar surface area (TPSA) is 121 Å². The normalized spacial score (nSPS) is 14.3. The van der Waals surface area contributed by atoms with Crippen LogP contribution in [0.25, 0.3) is 10.9 Å². The Hall–Kier alpha value is -4.20. The van der Waals surface area contributed by atoms with Crippen molar-refractivity contribution in [3.63, 3.8) is 0 Å². The minimum absolute atomic E-state index is 0.131. The highest BCUT2D eigenvalue weighted by Crippen LogP contribution is 2.30. The Kier molecular flexibility index (Phi) is 6.90. The van der Waals surface area contributed by atoms with E-state index in [0.717, 1.165) is 35.4 Å². The van der Waals surface area contributed by atoms with Gasteiger partial charge in [0.2, 0.25) is 0 Å². The summed E-state index contributed by atoms with van der Waals surface area (Å²) in [6.45, 7) is 4.96. The molecule has 0 amide bonds. The molecule has 0 radical (unpaired) electrons. The van der Waals surface area contributed by atoms with Crippen LogP contribution in [0.4, 0.5) is 22.7 Å². The molecule has 1 unspecified atom stereocenters. The van der Waals surface area contributed by atoms with E-state index in [1.54, 1.807) is 23.7 Å². The average molecular weight is 517 g/mol. The molecule has 188 valence electrons. The van der Waals surface area contributed by atoms with E-state index in [2.05, 4.69) is 36.6 Å². The van der Waals surface area contributed by atoms with Gasteiger partial charge in [-0.15, -0.1) is 0 Å². The van der Waals surface area contributed by atoms with Crippen LogP contribution in [0, 0.1) is 11.3 Å². The SMILES string of the molecule is CC(Nc1cc(=O)n(C)c2ccc(Nc3ccnc(Cl)c3C#N)cc12)c1ncc(N2CCOCC2)cn1. The highest BCUT2D eigenvalue weighted by atomic mass is 35.5. The zero-order chi connectivity index (χ0) is 25.9. The maximum absolute atomic E-state index is 12.7. The molecule has 11 heteroatoms. The number of aryl methyl sites for hydroxylation is 1. The average Bonchev–Trinajstić information content (AvgIpc) is 2.92. The van der Waals surface area contributed by atoms with Gasteiger partial charge in [-0.05, 0) is 31.2 Å². The molecule has 2 N–H and O–H groups in total. The van der Waals surface area contributed by atoms with Crippen molar-refractivity contribution in [3.8, 4) is 6.07 Å². The van der Waals surface area contributed by atoms with Gasteiger partial charge < -0.3 is 24.8 Å². The molecule has 1 aliphatic rings. The van der Waals surface area contributed by atoms with Gasteiger partial charge in [0.25, 0.3) is 5.56 Å². The fourth-order valence-corrected chi connectivity index (χ4v) is 4.50. The molecule has 3 aromatic heterocycles. The number of nitrogens with zero attached hydrogens (tertiary/aromatic N) is 6. The summed E-state index contributed by atoms with van der Waals surface area (Å²) in [5.74, 6) is 0.616. The van der Waals surface area contributed by atoms with E-state index in [4.69, 9.17) is 16.3 Å². The monoisotopic (exact) mass is 516 g/mol. The maximum atomic E-state index is 12.7. The predicted octanol–water partition coefficient (Wildman–Crippen LogP) is 4.00. The number of pyridine rings is 2. The zero-order valence-electron chi connectivity index (χ0n) is 20.4. The Morgan fingerprint density at radius 1 is 1.11 bits per heavy atom. The number of halogens is 1. The Morgan fingerprint density at radius 3 is 2.59 bits per heavy atom. The number of nitriles is 1. The number of ether oxygens (including phenoxy) is 1. The first-order valence-electron chi connectivity index (χ1n) is 11.8. The predicted molar refractivity (Wildman–Crippen MR) is 144 cm³/mol. The highest BCUT2D eigenvalue weighted by molar-refractivity contribution is 6.31. The van der Waals surface area contributed by atoms with Crippen molar-refractivity contribution in [1.29, 1.82) is 5.26 Å². The molecule has 1 aromatic carbocycles. The number of hydrogen-bond donors (Lipinski definition) is 2. The molecule has 1 atom stereocenters.